The summed E-state index contributed by atoms with van der Waals surface area (Å²) in [5, 5.41) is 33.7. The van der Waals surface area contributed by atoms with Gasteiger partial charge in [0.25, 0.3) is 0 Å². The van der Waals surface area contributed by atoms with E-state index in [4.69, 9.17) is 25.2 Å². The topological polar surface area (TPSA) is 157 Å². The number of aryl methyl sites for hydroxylation is 2. The zero-order chi connectivity index (χ0) is 34.1. The van der Waals surface area contributed by atoms with Crippen LogP contribution in [0.5, 0.6) is 0 Å². The minimum atomic E-state index is -2.74. The zero-order valence-electron chi connectivity index (χ0n) is 26.6. The first-order chi connectivity index (χ1) is 21.6. The van der Waals surface area contributed by atoms with Crippen LogP contribution in [0.4, 0.5) is 4.39 Å². The van der Waals surface area contributed by atoms with Gasteiger partial charge in [-0.2, -0.15) is 4.39 Å². The standard InChI is InChI=1S/C28H35FN2OS.C6H8O7/c1-5-32-26(22-9-7-6-8-10-22)28(16-15-24-13-14-25(29)33-24)17-18-31(20-28)27(3,4)23-12-11-21(2)30-19-23;7-3(8)1-6(13,5(11)12)2-4(9)10/h6-14,19,26H,5,15-18,20H2,1-4H3;13H,1-2H2,(H,7,8)(H,9,10)(H,11,12)/t26-,28+;/m0./s1. The van der Waals surface area contributed by atoms with Crippen molar-refractivity contribution in [1.29, 1.82) is 0 Å². The molecule has 0 unspecified atom stereocenters. The Morgan fingerprint density at radius 1 is 1.04 bits per heavy atom. The molecule has 1 fully saturated rings. The lowest BCUT2D eigenvalue weighted by Crippen LogP contribution is -2.43. The molecule has 1 aliphatic heterocycles. The van der Waals surface area contributed by atoms with Crippen molar-refractivity contribution < 1.29 is 43.9 Å². The number of carboxylic acid groups (broad SMARTS) is 3. The molecule has 3 heterocycles. The van der Waals surface area contributed by atoms with Crippen molar-refractivity contribution in [3.8, 4) is 0 Å². The molecule has 2 atom stereocenters. The Morgan fingerprint density at radius 3 is 2.20 bits per heavy atom. The third-order valence-electron chi connectivity index (χ3n) is 8.57. The van der Waals surface area contributed by atoms with Crippen LogP contribution in [-0.4, -0.2) is 73.5 Å². The molecule has 2 aromatic heterocycles. The number of aliphatic hydroxyl groups is 1. The fourth-order valence-corrected chi connectivity index (χ4v) is 6.65. The van der Waals surface area contributed by atoms with Crippen molar-refractivity contribution in [3.05, 3.63) is 87.6 Å². The summed E-state index contributed by atoms with van der Waals surface area (Å²) in [4.78, 5) is 38.7. The normalized spacial score (nSPS) is 17.6. The van der Waals surface area contributed by atoms with Crippen molar-refractivity contribution in [2.75, 3.05) is 19.7 Å². The molecule has 0 spiro atoms. The summed E-state index contributed by atoms with van der Waals surface area (Å²) in [6, 6.07) is 18.4. The third kappa shape index (κ3) is 9.41. The summed E-state index contributed by atoms with van der Waals surface area (Å²) < 4.78 is 20.2. The number of aliphatic carboxylic acids is 3. The van der Waals surface area contributed by atoms with Crippen molar-refractivity contribution in [1.82, 2.24) is 9.88 Å². The van der Waals surface area contributed by atoms with Crippen LogP contribution in [0.15, 0.2) is 60.8 Å². The first-order valence-corrected chi connectivity index (χ1v) is 15.9. The fraction of sp³-hybridized carbons (Fsp3) is 0.471. The number of nitrogens with zero attached hydrogens (tertiary/aromatic N) is 2. The van der Waals surface area contributed by atoms with Gasteiger partial charge in [-0.15, -0.1) is 11.3 Å². The molecule has 4 rings (SSSR count). The molecular formula is C34H43FN2O8S. The maximum atomic E-state index is 13.7. The van der Waals surface area contributed by atoms with Crippen molar-refractivity contribution in [2.45, 2.75) is 77.0 Å². The molecule has 0 bridgehead atoms. The average molecular weight is 659 g/mol. The highest BCUT2D eigenvalue weighted by Gasteiger charge is 2.49. The molecule has 4 N–H and O–H groups in total. The maximum Gasteiger partial charge on any atom is 0.336 e. The quantitative estimate of drug-likeness (QED) is 0.170. The monoisotopic (exact) mass is 658 g/mol. The molecule has 10 nitrogen and oxygen atoms in total. The summed E-state index contributed by atoms with van der Waals surface area (Å²) in [5.74, 6) is -5.02. The zero-order valence-corrected chi connectivity index (χ0v) is 27.4. The van der Waals surface area contributed by atoms with Crippen LogP contribution < -0.4 is 0 Å². The number of carbonyl (C=O) groups is 3. The molecule has 12 heteroatoms. The van der Waals surface area contributed by atoms with Crippen LogP contribution in [0.2, 0.25) is 0 Å². The molecule has 1 aliphatic rings. The van der Waals surface area contributed by atoms with Crippen LogP contribution in [0.25, 0.3) is 0 Å². The number of thiophene rings is 1. The molecule has 1 saturated heterocycles. The van der Waals surface area contributed by atoms with E-state index in [2.05, 4.69) is 73.1 Å². The molecule has 1 aromatic carbocycles. The van der Waals surface area contributed by atoms with Gasteiger partial charge in [-0.05, 0) is 82.8 Å². The van der Waals surface area contributed by atoms with Gasteiger partial charge >= 0.3 is 17.9 Å². The SMILES string of the molecule is CCO[C@@H](c1ccccc1)[C@]1(CCc2ccc(F)s2)CCN(C(C)(C)c2ccc(C)nc2)C1.O=C(O)CC(O)(CC(=O)O)C(=O)O. The highest BCUT2D eigenvalue weighted by molar-refractivity contribution is 7.10. The molecule has 250 valence electrons. The smallest absolute Gasteiger partial charge is 0.336 e. The van der Waals surface area contributed by atoms with Gasteiger partial charge < -0.3 is 25.2 Å². The minimum absolute atomic E-state index is 0.00505. The predicted molar refractivity (Wildman–Crippen MR) is 171 cm³/mol. The van der Waals surface area contributed by atoms with Gasteiger partial charge in [-0.3, -0.25) is 19.5 Å². The number of likely N-dealkylation sites (tertiary alicyclic amines) is 1. The summed E-state index contributed by atoms with van der Waals surface area (Å²) in [5.41, 5.74) is 0.579. The van der Waals surface area contributed by atoms with E-state index in [0.29, 0.717) is 6.61 Å². The number of aromatic nitrogens is 1. The molecule has 0 amide bonds. The van der Waals surface area contributed by atoms with E-state index in [1.165, 1.54) is 22.5 Å². The Bertz CT molecular complexity index is 1450. The number of halogens is 1. The van der Waals surface area contributed by atoms with E-state index in [1.54, 1.807) is 6.07 Å². The second-order valence-electron chi connectivity index (χ2n) is 12.2. The Labute approximate surface area is 272 Å². The Morgan fingerprint density at radius 2 is 1.70 bits per heavy atom. The molecule has 0 aliphatic carbocycles. The molecular weight excluding hydrogens is 615 g/mol. The Balaban J connectivity index is 0.000000376. The summed E-state index contributed by atoms with van der Waals surface area (Å²) >= 11 is 1.27. The van der Waals surface area contributed by atoms with E-state index < -0.39 is 36.4 Å². The van der Waals surface area contributed by atoms with E-state index in [9.17, 15) is 18.8 Å². The molecule has 46 heavy (non-hydrogen) atoms. The van der Waals surface area contributed by atoms with Crippen LogP contribution in [0.3, 0.4) is 0 Å². The molecule has 0 saturated carbocycles. The van der Waals surface area contributed by atoms with Crippen LogP contribution in [0, 0.1) is 17.5 Å². The summed E-state index contributed by atoms with van der Waals surface area (Å²) in [7, 11) is 0. The second kappa shape index (κ2) is 15.7. The number of benzene rings is 1. The number of carboxylic acids is 3. The molecule has 3 aromatic rings. The summed E-state index contributed by atoms with van der Waals surface area (Å²) in [6.45, 7) is 11.3. The van der Waals surface area contributed by atoms with Gasteiger partial charge in [0.1, 0.15) is 0 Å². The Hall–Kier alpha value is -3.71. The van der Waals surface area contributed by atoms with Gasteiger partial charge in [0.2, 0.25) is 0 Å². The first-order valence-electron chi connectivity index (χ1n) is 15.1. The van der Waals surface area contributed by atoms with Crippen molar-refractivity contribution in [3.63, 3.8) is 0 Å². The lowest BCUT2D eigenvalue weighted by molar-refractivity contribution is -0.170. The van der Waals surface area contributed by atoms with Gasteiger partial charge in [0, 0.05) is 40.9 Å². The first kappa shape index (κ1) is 36.8. The average Bonchev–Trinajstić information content (AvgIpc) is 3.62. The summed E-state index contributed by atoms with van der Waals surface area (Å²) in [6.07, 6.45) is 2.61. The van der Waals surface area contributed by atoms with Crippen LogP contribution in [-0.2, 0) is 31.1 Å². The predicted octanol–water partition coefficient (Wildman–Crippen LogP) is 5.68. The van der Waals surface area contributed by atoms with Crippen molar-refractivity contribution in [2.24, 2.45) is 5.41 Å². The molecule has 0 radical (unpaired) electrons. The van der Waals surface area contributed by atoms with Gasteiger partial charge in [0.15, 0.2) is 10.7 Å². The van der Waals surface area contributed by atoms with E-state index in [-0.39, 0.29) is 22.2 Å². The van der Waals surface area contributed by atoms with Gasteiger partial charge in [-0.25, -0.2) is 4.79 Å². The fourth-order valence-electron chi connectivity index (χ4n) is 5.93. The Kier molecular flexibility index (Phi) is 12.6. The highest BCUT2D eigenvalue weighted by atomic mass is 32.1. The van der Waals surface area contributed by atoms with E-state index >= 15 is 0 Å². The largest absolute Gasteiger partial charge is 0.481 e. The number of rotatable bonds is 14. The van der Waals surface area contributed by atoms with Gasteiger partial charge in [0.05, 0.1) is 18.9 Å². The minimum Gasteiger partial charge on any atom is -0.481 e. The number of ether oxygens (including phenoxy) is 1. The highest BCUT2D eigenvalue weighted by Crippen LogP contribution is 2.50. The number of pyridine rings is 1. The third-order valence-corrected chi connectivity index (χ3v) is 9.50. The number of hydrogen-bond acceptors (Lipinski definition) is 8. The van der Waals surface area contributed by atoms with Gasteiger partial charge in [-0.1, -0.05) is 36.4 Å². The van der Waals surface area contributed by atoms with Crippen LogP contribution in [0.1, 0.15) is 74.3 Å². The maximum absolute atomic E-state index is 13.7. The lowest BCUT2D eigenvalue weighted by Gasteiger charge is -2.41. The van der Waals surface area contributed by atoms with Crippen molar-refractivity contribution >= 4 is 29.2 Å². The number of hydrogen-bond donors (Lipinski definition) is 4. The van der Waals surface area contributed by atoms with E-state index in [1.807, 2.05) is 19.2 Å². The second-order valence-corrected chi connectivity index (χ2v) is 13.3. The van der Waals surface area contributed by atoms with E-state index in [0.717, 1.165) is 42.9 Å². The van der Waals surface area contributed by atoms with Crippen LogP contribution >= 0.6 is 11.3 Å². The lowest BCUT2D eigenvalue weighted by atomic mass is 9.74.